The van der Waals surface area contributed by atoms with Gasteiger partial charge in [0, 0.05) is 36.3 Å². The summed E-state index contributed by atoms with van der Waals surface area (Å²) in [6.07, 6.45) is 10.4. The van der Waals surface area contributed by atoms with E-state index in [1.54, 1.807) is 6.20 Å². The standard InChI is InChI=1S/C23H22N2O2/c1-2-5-19-9-8-18(16-25-12-11-24-17-25)14-23(19)26-13-10-21-15-20-6-3-4-7-22(20)27-21/h2-9,11-12,14-15,17H,10,13,16H2,1H3/b5-2+. The Balaban J connectivity index is 1.47. The van der Waals surface area contributed by atoms with Crippen molar-refractivity contribution >= 4 is 17.0 Å². The maximum absolute atomic E-state index is 6.11. The predicted octanol–water partition coefficient (Wildman–Crippen LogP) is 5.33. The van der Waals surface area contributed by atoms with Crippen LogP contribution in [0.25, 0.3) is 17.0 Å². The number of imidazole rings is 1. The molecule has 0 aliphatic rings. The fraction of sp³-hybridized carbons (Fsp3) is 0.174. The molecule has 0 atom stereocenters. The Hall–Kier alpha value is -3.27. The molecule has 0 aliphatic heterocycles. The molecule has 0 aliphatic carbocycles. The third-order valence-electron chi connectivity index (χ3n) is 4.43. The van der Waals surface area contributed by atoms with Gasteiger partial charge in [-0.05, 0) is 30.7 Å². The smallest absolute Gasteiger partial charge is 0.134 e. The lowest BCUT2D eigenvalue weighted by Gasteiger charge is -2.11. The van der Waals surface area contributed by atoms with E-state index in [0.29, 0.717) is 6.61 Å². The van der Waals surface area contributed by atoms with Gasteiger partial charge in [0.05, 0.1) is 12.9 Å². The molecule has 136 valence electrons. The number of furan rings is 1. The third-order valence-corrected chi connectivity index (χ3v) is 4.43. The zero-order valence-electron chi connectivity index (χ0n) is 15.3. The molecule has 4 rings (SSSR count). The van der Waals surface area contributed by atoms with Crippen LogP contribution < -0.4 is 4.74 Å². The highest BCUT2D eigenvalue weighted by molar-refractivity contribution is 5.77. The molecular weight excluding hydrogens is 336 g/mol. The molecule has 0 saturated heterocycles. The summed E-state index contributed by atoms with van der Waals surface area (Å²) in [7, 11) is 0. The van der Waals surface area contributed by atoms with Crippen molar-refractivity contribution in [1.82, 2.24) is 9.55 Å². The van der Waals surface area contributed by atoms with E-state index in [2.05, 4.69) is 41.4 Å². The second-order valence-corrected chi connectivity index (χ2v) is 6.46. The average molecular weight is 358 g/mol. The third kappa shape index (κ3) is 4.11. The van der Waals surface area contributed by atoms with Gasteiger partial charge in [-0.3, -0.25) is 0 Å². The van der Waals surface area contributed by atoms with Gasteiger partial charge in [0.1, 0.15) is 17.1 Å². The first kappa shape index (κ1) is 17.2. The maximum atomic E-state index is 6.11. The molecule has 2 aromatic heterocycles. The normalized spacial score (nSPS) is 11.4. The van der Waals surface area contributed by atoms with Gasteiger partial charge in [-0.1, -0.05) is 42.5 Å². The van der Waals surface area contributed by atoms with E-state index >= 15 is 0 Å². The lowest BCUT2D eigenvalue weighted by atomic mass is 10.1. The van der Waals surface area contributed by atoms with Crippen LogP contribution in [0.2, 0.25) is 0 Å². The topological polar surface area (TPSA) is 40.2 Å². The highest BCUT2D eigenvalue weighted by Gasteiger charge is 2.07. The number of aromatic nitrogens is 2. The SMILES string of the molecule is C/C=C/c1ccc(Cn2ccnc2)cc1OCCc1cc2ccccc2o1. The van der Waals surface area contributed by atoms with Crippen LogP contribution in [-0.4, -0.2) is 16.2 Å². The van der Waals surface area contributed by atoms with Gasteiger partial charge in [0.15, 0.2) is 0 Å². The van der Waals surface area contributed by atoms with E-state index in [-0.39, 0.29) is 0 Å². The van der Waals surface area contributed by atoms with Gasteiger partial charge in [-0.15, -0.1) is 0 Å². The quantitative estimate of drug-likeness (QED) is 0.448. The first-order chi connectivity index (χ1) is 13.3. The second-order valence-electron chi connectivity index (χ2n) is 6.46. The van der Waals surface area contributed by atoms with Gasteiger partial charge in [-0.2, -0.15) is 0 Å². The van der Waals surface area contributed by atoms with E-state index in [4.69, 9.17) is 9.15 Å². The van der Waals surface area contributed by atoms with Crippen molar-refractivity contribution in [2.75, 3.05) is 6.61 Å². The van der Waals surface area contributed by atoms with Crippen molar-refractivity contribution in [1.29, 1.82) is 0 Å². The molecule has 0 unspecified atom stereocenters. The molecule has 0 radical (unpaired) electrons. The summed E-state index contributed by atoms with van der Waals surface area (Å²) in [5.41, 5.74) is 3.18. The molecule has 2 heterocycles. The number of para-hydroxylation sites is 1. The summed E-state index contributed by atoms with van der Waals surface area (Å²) in [5.74, 6) is 1.83. The van der Waals surface area contributed by atoms with Crippen LogP contribution in [0.1, 0.15) is 23.8 Å². The molecule has 0 amide bonds. The van der Waals surface area contributed by atoms with E-state index in [1.165, 1.54) is 5.56 Å². The summed E-state index contributed by atoms with van der Waals surface area (Å²) in [5, 5.41) is 1.13. The van der Waals surface area contributed by atoms with Crippen LogP contribution in [0.5, 0.6) is 5.75 Å². The van der Waals surface area contributed by atoms with Gasteiger partial charge in [0.2, 0.25) is 0 Å². The molecule has 0 bridgehead atoms. The van der Waals surface area contributed by atoms with Gasteiger partial charge < -0.3 is 13.7 Å². The number of fused-ring (bicyclic) bond motifs is 1. The van der Waals surface area contributed by atoms with E-state index in [0.717, 1.165) is 41.0 Å². The Morgan fingerprint density at radius 2 is 2.07 bits per heavy atom. The Labute approximate surface area is 158 Å². The Bertz CT molecular complexity index is 1010. The van der Waals surface area contributed by atoms with Crippen molar-refractivity contribution in [3.8, 4) is 5.75 Å². The first-order valence-corrected chi connectivity index (χ1v) is 9.13. The molecule has 4 nitrogen and oxygen atoms in total. The molecule has 0 fully saturated rings. The summed E-state index contributed by atoms with van der Waals surface area (Å²) < 4.78 is 14.0. The summed E-state index contributed by atoms with van der Waals surface area (Å²) in [4.78, 5) is 4.10. The van der Waals surface area contributed by atoms with Crippen LogP contribution in [0.3, 0.4) is 0 Å². The van der Waals surface area contributed by atoms with E-state index in [1.807, 2.05) is 48.3 Å². The van der Waals surface area contributed by atoms with Crippen molar-refractivity contribution in [2.24, 2.45) is 0 Å². The minimum atomic E-state index is 0.568. The van der Waals surface area contributed by atoms with Crippen LogP contribution in [0.4, 0.5) is 0 Å². The van der Waals surface area contributed by atoms with Crippen molar-refractivity contribution in [3.63, 3.8) is 0 Å². The van der Waals surface area contributed by atoms with Gasteiger partial charge in [-0.25, -0.2) is 4.98 Å². The van der Waals surface area contributed by atoms with Crippen molar-refractivity contribution in [3.05, 3.63) is 90.2 Å². The fourth-order valence-electron chi connectivity index (χ4n) is 3.13. The Morgan fingerprint density at radius 1 is 1.15 bits per heavy atom. The van der Waals surface area contributed by atoms with Crippen LogP contribution in [0, 0.1) is 0 Å². The zero-order valence-corrected chi connectivity index (χ0v) is 15.3. The van der Waals surface area contributed by atoms with E-state index in [9.17, 15) is 0 Å². The minimum Gasteiger partial charge on any atom is -0.492 e. The fourth-order valence-corrected chi connectivity index (χ4v) is 3.13. The van der Waals surface area contributed by atoms with Gasteiger partial charge in [0.25, 0.3) is 0 Å². The Kier molecular flexibility index (Phi) is 5.06. The Morgan fingerprint density at radius 3 is 2.89 bits per heavy atom. The first-order valence-electron chi connectivity index (χ1n) is 9.13. The number of hydrogen-bond donors (Lipinski definition) is 0. The zero-order chi connectivity index (χ0) is 18.5. The molecule has 0 saturated carbocycles. The monoisotopic (exact) mass is 358 g/mol. The lowest BCUT2D eigenvalue weighted by Crippen LogP contribution is -2.03. The molecule has 4 heteroatoms. The minimum absolute atomic E-state index is 0.568. The molecule has 27 heavy (non-hydrogen) atoms. The van der Waals surface area contributed by atoms with Crippen molar-refractivity contribution < 1.29 is 9.15 Å². The maximum Gasteiger partial charge on any atom is 0.134 e. The summed E-state index contributed by atoms with van der Waals surface area (Å²) >= 11 is 0. The molecule has 0 N–H and O–H groups in total. The molecular formula is C23H22N2O2. The number of hydrogen-bond acceptors (Lipinski definition) is 3. The van der Waals surface area contributed by atoms with Crippen LogP contribution in [0.15, 0.2) is 77.7 Å². The molecule has 0 spiro atoms. The lowest BCUT2D eigenvalue weighted by molar-refractivity contribution is 0.310. The summed E-state index contributed by atoms with van der Waals surface area (Å²) in [6, 6.07) is 16.5. The number of nitrogens with zero attached hydrogens (tertiary/aromatic N) is 2. The van der Waals surface area contributed by atoms with Crippen molar-refractivity contribution in [2.45, 2.75) is 19.9 Å². The van der Waals surface area contributed by atoms with Crippen LogP contribution in [-0.2, 0) is 13.0 Å². The van der Waals surface area contributed by atoms with E-state index < -0.39 is 0 Å². The number of ether oxygens (including phenoxy) is 1. The number of benzene rings is 2. The van der Waals surface area contributed by atoms with Crippen LogP contribution >= 0.6 is 0 Å². The van der Waals surface area contributed by atoms with Gasteiger partial charge >= 0.3 is 0 Å². The molecule has 2 aromatic carbocycles. The highest BCUT2D eigenvalue weighted by Crippen LogP contribution is 2.24. The predicted molar refractivity (Wildman–Crippen MR) is 108 cm³/mol. The number of allylic oxidation sites excluding steroid dienone is 1. The molecule has 4 aromatic rings. The largest absolute Gasteiger partial charge is 0.492 e. The highest BCUT2D eigenvalue weighted by atomic mass is 16.5. The second kappa shape index (κ2) is 7.96. The average Bonchev–Trinajstić information content (AvgIpc) is 3.33. The summed E-state index contributed by atoms with van der Waals surface area (Å²) in [6.45, 7) is 3.35. The number of rotatable bonds is 7.